The molecule has 0 saturated heterocycles. The maximum atomic E-state index is 15.1. The number of aromatic nitrogens is 5. The lowest BCUT2D eigenvalue weighted by Gasteiger charge is -2.15. The molecule has 5 aromatic rings. The molecule has 3 aromatic heterocycles. The second-order valence-corrected chi connectivity index (χ2v) is 7.63. The molecule has 0 atom stereocenters. The Labute approximate surface area is 194 Å². The maximum Gasteiger partial charge on any atom is 0.573 e. The van der Waals surface area contributed by atoms with Crippen LogP contribution in [0.2, 0.25) is 0 Å². The van der Waals surface area contributed by atoms with Crippen LogP contribution in [0.4, 0.5) is 22.0 Å². The van der Waals surface area contributed by atoms with Crippen LogP contribution in [0.3, 0.4) is 0 Å². The first-order valence-electron chi connectivity index (χ1n) is 10.2. The summed E-state index contributed by atoms with van der Waals surface area (Å²) in [5, 5.41) is 12.3. The number of hydrogen-bond acceptors (Lipinski definition) is 5. The van der Waals surface area contributed by atoms with Crippen molar-refractivity contribution < 1.29 is 31.4 Å². The van der Waals surface area contributed by atoms with Gasteiger partial charge in [-0.05, 0) is 41.5 Å². The van der Waals surface area contributed by atoms with Crippen LogP contribution in [0.25, 0.3) is 27.7 Å². The number of alkyl halides is 5. The van der Waals surface area contributed by atoms with Crippen LogP contribution in [-0.4, -0.2) is 30.7 Å². The number of halogens is 5. The standard InChI is InChI=1S/C23H16F5N5O2/c1-32-19-5-3-2-4-17(19)18(31-32)13-34-22(24,25)21-30-29-20-11-8-15(12-33(20)21)14-6-9-16(10-7-14)35-23(26,27)28/h2-12H,13H2,1H3. The Bertz CT molecular complexity index is 1510. The third-order valence-electron chi connectivity index (χ3n) is 5.31. The predicted octanol–water partition coefficient (Wildman–Crippen LogP) is 5.45. The lowest BCUT2D eigenvalue weighted by Crippen LogP contribution is -2.22. The second kappa shape index (κ2) is 8.31. The highest BCUT2D eigenvalue weighted by Crippen LogP contribution is 2.32. The summed E-state index contributed by atoms with van der Waals surface area (Å²) >= 11 is 0. The van der Waals surface area contributed by atoms with Crippen molar-refractivity contribution in [3.63, 3.8) is 0 Å². The first-order chi connectivity index (χ1) is 16.6. The molecule has 2 aromatic carbocycles. The van der Waals surface area contributed by atoms with E-state index in [4.69, 9.17) is 4.74 Å². The van der Waals surface area contributed by atoms with Crippen molar-refractivity contribution in [3.05, 3.63) is 78.4 Å². The highest BCUT2D eigenvalue weighted by molar-refractivity contribution is 5.81. The Kier molecular flexibility index (Phi) is 5.39. The molecule has 0 aliphatic heterocycles. The Morgan fingerprint density at radius 1 is 0.857 bits per heavy atom. The van der Waals surface area contributed by atoms with E-state index in [0.29, 0.717) is 22.2 Å². The molecule has 180 valence electrons. The number of benzene rings is 2. The van der Waals surface area contributed by atoms with Gasteiger partial charge in [0.1, 0.15) is 5.75 Å². The van der Waals surface area contributed by atoms with Crippen LogP contribution in [0, 0.1) is 0 Å². The third-order valence-corrected chi connectivity index (χ3v) is 5.31. The summed E-state index contributed by atoms with van der Waals surface area (Å²) in [5.74, 6) is -1.14. The van der Waals surface area contributed by atoms with E-state index in [-0.39, 0.29) is 5.65 Å². The van der Waals surface area contributed by atoms with Gasteiger partial charge < -0.3 is 9.47 Å². The van der Waals surface area contributed by atoms with Gasteiger partial charge in [0.05, 0.1) is 17.8 Å². The van der Waals surface area contributed by atoms with Crippen molar-refractivity contribution in [1.82, 2.24) is 24.4 Å². The smallest absolute Gasteiger partial charge is 0.406 e. The zero-order chi connectivity index (χ0) is 24.8. The number of nitrogens with zero attached hydrogens (tertiary/aromatic N) is 5. The molecule has 0 bridgehead atoms. The number of hydrogen-bond donors (Lipinski definition) is 0. The Morgan fingerprint density at radius 2 is 1.57 bits per heavy atom. The summed E-state index contributed by atoms with van der Waals surface area (Å²) in [7, 11) is 1.71. The number of aryl methyl sites for hydroxylation is 1. The van der Waals surface area contributed by atoms with Gasteiger partial charge in [0.15, 0.2) is 5.65 Å². The van der Waals surface area contributed by atoms with E-state index in [2.05, 4.69) is 20.0 Å². The van der Waals surface area contributed by atoms with Gasteiger partial charge in [-0.1, -0.05) is 30.3 Å². The fourth-order valence-corrected chi connectivity index (χ4v) is 3.73. The molecule has 0 unspecified atom stereocenters. The number of fused-ring (bicyclic) bond motifs is 2. The largest absolute Gasteiger partial charge is 0.573 e. The molecular weight excluding hydrogens is 473 g/mol. The normalized spacial score (nSPS) is 12.5. The minimum atomic E-state index is -4.81. The molecule has 7 nitrogen and oxygen atoms in total. The highest BCUT2D eigenvalue weighted by atomic mass is 19.4. The summed E-state index contributed by atoms with van der Waals surface area (Å²) in [6.07, 6.45) is -7.26. The SMILES string of the molecule is Cn1nc(COC(F)(F)c2nnc3ccc(-c4ccc(OC(F)(F)F)cc4)cn23)c2ccccc21. The van der Waals surface area contributed by atoms with Gasteiger partial charge in [-0.2, -0.15) is 13.9 Å². The minimum Gasteiger partial charge on any atom is -0.406 e. The molecule has 5 rings (SSSR count). The predicted molar refractivity (Wildman–Crippen MR) is 115 cm³/mol. The number of ether oxygens (including phenoxy) is 2. The molecule has 3 heterocycles. The van der Waals surface area contributed by atoms with Gasteiger partial charge in [0, 0.05) is 18.6 Å². The fraction of sp³-hybridized carbons (Fsp3) is 0.174. The average Bonchev–Trinajstić information content (AvgIpc) is 3.39. The summed E-state index contributed by atoms with van der Waals surface area (Å²) in [4.78, 5) is 0. The Hall–Kier alpha value is -4.06. The van der Waals surface area contributed by atoms with Crippen LogP contribution in [0.15, 0.2) is 66.9 Å². The van der Waals surface area contributed by atoms with Gasteiger partial charge in [-0.15, -0.1) is 23.4 Å². The lowest BCUT2D eigenvalue weighted by atomic mass is 10.1. The average molecular weight is 489 g/mol. The topological polar surface area (TPSA) is 66.5 Å². The summed E-state index contributed by atoms with van der Waals surface area (Å²) in [6, 6.07) is 15.3. The molecule has 0 fully saturated rings. The quantitative estimate of drug-likeness (QED) is 0.297. The van der Waals surface area contributed by atoms with Crippen molar-refractivity contribution >= 4 is 16.6 Å². The molecule has 35 heavy (non-hydrogen) atoms. The van der Waals surface area contributed by atoms with Crippen LogP contribution in [0.5, 0.6) is 5.75 Å². The fourth-order valence-electron chi connectivity index (χ4n) is 3.73. The van der Waals surface area contributed by atoms with Crippen molar-refractivity contribution in [1.29, 1.82) is 0 Å². The first kappa shape index (κ1) is 22.7. The zero-order valence-corrected chi connectivity index (χ0v) is 18.0. The molecule has 0 spiro atoms. The van der Waals surface area contributed by atoms with Gasteiger partial charge >= 0.3 is 12.5 Å². The monoisotopic (exact) mass is 489 g/mol. The molecule has 12 heteroatoms. The second-order valence-electron chi connectivity index (χ2n) is 7.63. The van der Waals surface area contributed by atoms with E-state index in [1.54, 1.807) is 29.9 Å². The number of rotatable bonds is 6. The van der Waals surface area contributed by atoms with E-state index < -0.39 is 30.7 Å². The van der Waals surface area contributed by atoms with E-state index in [9.17, 15) is 13.2 Å². The van der Waals surface area contributed by atoms with Crippen LogP contribution < -0.4 is 4.74 Å². The number of para-hydroxylation sites is 1. The van der Waals surface area contributed by atoms with Crippen LogP contribution >= 0.6 is 0 Å². The van der Waals surface area contributed by atoms with Gasteiger partial charge in [-0.25, -0.2) is 0 Å². The zero-order valence-electron chi connectivity index (χ0n) is 18.0. The van der Waals surface area contributed by atoms with Crippen molar-refractivity contribution in [3.8, 4) is 16.9 Å². The molecule has 0 radical (unpaired) electrons. The highest BCUT2D eigenvalue weighted by Gasteiger charge is 2.39. The van der Waals surface area contributed by atoms with E-state index in [1.807, 2.05) is 12.1 Å². The van der Waals surface area contributed by atoms with Crippen LogP contribution in [-0.2, 0) is 24.5 Å². The molecule has 0 aliphatic carbocycles. The van der Waals surface area contributed by atoms with Gasteiger partial charge in [0.25, 0.3) is 0 Å². The van der Waals surface area contributed by atoms with Crippen LogP contribution in [0.1, 0.15) is 11.5 Å². The molecule has 0 saturated carbocycles. The molecular formula is C23H16F5N5O2. The van der Waals surface area contributed by atoms with Crippen molar-refractivity contribution in [2.45, 2.75) is 19.1 Å². The lowest BCUT2D eigenvalue weighted by molar-refractivity contribution is -0.274. The Balaban J connectivity index is 1.41. The third kappa shape index (κ3) is 4.52. The first-order valence-corrected chi connectivity index (χ1v) is 10.2. The maximum absolute atomic E-state index is 15.1. The van der Waals surface area contributed by atoms with E-state index in [1.165, 1.54) is 24.4 Å². The number of pyridine rings is 1. The van der Waals surface area contributed by atoms with Crippen molar-refractivity contribution in [2.24, 2.45) is 7.05 Å². The Morgan fingerprint density at radius 3 is 2.31 bits per heavy atom. The summed E-state index contributed by atoms with van der Waals surface area (Å²) < 4.78 is 78.7. The van der Waals surface area contributed by atoms with E-state index in [0.717, 1.165) is 22.1 Å². The molecule has 0 N–H and O–H groups in total. The minimum absolute atomic E-state index is 0.146. The summed E-state index contributed by atoms with van der Waals surface area (Å²) in [6.45, 7) is -0.469. The van der Waals surface area contributed by atoms with Gasteiger partial charge in [0.2, 0.25) is 5.82 Å². The summed E-state index contributed by atoms with van der Waals surface area (Å²) in [5.41, 5.74) is 2.19. The van der Waals surface area contributed by atoms with Crippen molar-refractivity contribution in [2.75, 3.05) is 0 Å². The molecule has 0 amide bonds. The van der Waals surface area contributed by atoms with Gasteiger partial charge in [-0.3, -0.25) is 9.08 Å². The molecule has 0 aliphatic rings. The van der Waals surface area contributed by atoms with E-state index >= 15 is 8.78 Å².